The summed E-state index contributed by atoms with van der Waals surface area (Å²) in [7, 11) is -3.70. The van der Waals surface area contributed by atoms with Crippen molar-refractivity contribution >= 4 is 21.6 Å². The Labute approximate surface area is 98.5 Å². The molecule has 0 unspecified atom stereocenters. The Morgan fingerprint density at radius 2 is 2.25 bits per heavy atom. The fourth-order valence-electron chi connectivity index (χ4n) is 1.34. The molecule has 0 bridgehead atoms. The van der Waals surface area contributed by atoms with Crippen molar-refractivity contribution in [3.05, 3.63) is 23.5 Å². The van der Waals surface area contributed by atoms with Crippen molar-refractivity contribution in [2.24, 2.45) is 0 Å². The van der Waals surface area contributed by atoms with Gasteiger partial charge in [-0.3, -0.25) is 4.98 Å². The number of rotatable bonds is 4. The van der Waals surface area contributed by atoms with Gasteiger partial charge in [-0.2, -0.15) is 0 Å². The fraction of sp³-hybridized carbons (Fsp3) is 0.444. The molecule has 2 rings (SSSR count). The van der Waals surface area contributed by atoms with Crippen LogP contribution in [0.5, 0.6) is 0 Å². The highest BCUT2D eigenvalue weighted by Crippen LogP contribution is 2.36. The van der Waals surface area contributed by atoms with Crippen LogP contribution in [-0.4, -0.2) is 30.7 Å². The van der Waals surface area contributed by atoms with Gasteiger partial charge in [0.25, 0.3) is 0 Å². The first-order valence-corrected chi connectivity index (χ1v) is 6.60. The zero-order valence-corrected chi connectivity index (χ0v) is 9.92. The molecule has 1 saturated carbocycles. The largest absolute Gasteiger partial charge is 0.394 e. The summed E-state index contributed by atoms with van der Waals surface area (Å²) in [6.07, 6.45) is 3.89. The van der Waals surface area contributed by atoms with E-state index in [9.17, 15) is 8.42 Å². The first kappa shape index (κ1) is 11.8. The maximum absolute atomic E-state index is 11.9. The smallest absolute Gasteiger partial charge is 0.244 e. The van der Waals surface area contributed by atoms with E-state index in [0.29, 0.717) is 12.8 Å². The molecule has 1 aromatic heterocycles. The SMILES string of the molecule is O=S(=O)(NC1(CO)CC1)c1cnccc1Cl. The third-order valence-corrected chi connectivity index (χ3v) is 4.58. The minimum absolute atomic E-state index is 0.0589. The highest BCUT2D eigenvalue weighted by molar-refractivity contribution is 7.89. The van der Waals surface area contributed by atoms with Crippen molar-refractivity contribution in [3.63, 3.8) is 0 Å². The van der Waals surface area contributed by atoms with E-state index in [0.717, 1.165) is 0 Å². The average Bonchev–Trinajstić information content (AvgIpc) is 2.98. The molecule has 5 nitrogen and oxygen atoms in total. The molecule has 1 aliphatic carbocycles. The van der Waals surface area contributed by atoms with E-state index in [1.807, 2.05) is 0 Å². The van der Waals surface area contributed by atoms with Crippen LogP contribution in [0, 0.1) is 0 Å². The summed E-state index contributed by atoms with van der Waals surface area (Å²) in [5, 5.41) is 9.18. The molecular weight excluding hydrogens is 252 g/mol. The van der Waals surface area contributed by atoms with Gasteiger partial charge in [-0.25, -0.2) is 13.1 Å². The second-order valence-corrected chi connectivity index (χ2v) is 5.91. The predicted octanol–water partition coefficient (Wildman–Crippen LogP) is 0.538. The number of aromatic nitrogens is 1. The third kappa shape index (κ3) is 2.20. The predicted molar refractivity (Wildman–Crippen MR) is 58.6 cm³/mol. The molecule has 16 heavy (non-hydrogen) atoms. The highest BCUT2D eigenvalue weighted by atomic mass is 35.5. The number of nitrogens with zero attached hydrogens (tertiary/aromatic N) is 1. The van der Waals surface area contributed by atoms with Crippen molar-refractivity contribution in [1.29, 1.82) is 0 Å². The molecule has 7 heteroatoms. The lowest BCUT2D eigenvalue weighted by Gasteiger charge is -2.14. The van der Waals surface area contributed by atoms with Crippen LogP contribution >= 0.6 is 11.6 Å². The quantitative estimate of drug-likeness (QED) is 0.830. The van der Waals surface area contributed by atoms with E-state index in [1.54, 1.807) is 0 Å². The van der Waals surface area contributed by atoms with Gasteiger partial charge in [0.05, 0.1) is 17.2 Å². The summed E-state index contributed by atoms with van der Waals surface area (Å²) in [4.78, 5) is 3.66. The molecule has 0 atom stereocenters. The van der Waals surface area contributed by atoms with E-state index in [4.69, 9.17) is 16.7 Å². The first-order valence-electron chi connectivity index (χ1n) is 4.73. The Hall–Kier alpha value is -0.690. The topological polar surface area (TPSA) is 79.3 Å². The van der Waals surface area contributed by atoms with Crippen LogP contribution in [0.1, 0.15) is 12.8 Å². The van der Waals surface area contributed by atoms with Gasteiger partial charge in [-0.1, -0.05) is 11.6 Å². The van der Waals surface area contributed by atoms with Gasteiger partial charge in [0, 0.05) is 12.4 Å². The lowest BCUT2D eigenvalue weighted by molar-refractivity contribution is 0.246. The minimum atomic E-state index is -3.70. The number of halogens is 1. The number of aliphatic hydroxyl groups is 1. The van der Waals surface area contributed by atoms with Gasteiger partial charge in [0.1, 0.15) is 4.90 Å². The molecule has 1 aliphatic rings. The Bertz CT molecular complexity index is 499. The molecule has 1 fully saturated rings. The first-order chi connectivity index (χ1) is 7.49. The molecule has 0 spiro atoms. The number of aliphatic hydroxyl groups excluding tert-OH is 1. The van der Waals surface area contributed by atoms with E-state index < -0.39 is 15.6 Å². The number of hydrogen-bond donors (Lipinski definition) is 2. The van der Waals surface area contributed by atoms with Gasteiger partial charge >= 0.3 is 0 Å². The third-order valence-electron chi connectivity index (χ3n) is 2.53. The molecule has 0 aliphatic heterocycles. The molecule has 0 aromatic carbocycles. The van der Waals surface area contributed by atoms with Crippen LogP contribution < -0.4 is 4.72 Å². The summed E-state index contributed by atoms with van der Waals surface area (Å²) in [5.74, 6) is 0. The van der Waals surface area contributed by atoms with E-state index in [1.165, 1.54) is 18.5 Å². The summed E-state index contributed by atoms with van der Waals surface area (Å²) in [6.45, 7) is -0.204. The van der Waals surface area contributed by atoms with Gasteiger partial charge in [0.15, 0.2) is 0 Å². The van der Waals surface area contributed by atoms with Crippen LogP contribution in [0.3, 0.4) is 0 Å². The number of sulfonamides is 1. The Balaban J connectivity index is 2.30. The summed E-state index contributed by atoms with van der Waals surface area (Å²) >= 11 is 5.78. The van der Waals surface area contributed by atoms with E-state index in [-0.39, 0.29) is 16.5 Å². The lowest BCUT2D eigenvalue weighted by Crippen LogP contribution is -2.39. The molecule has 0 amide bonds. The van der Waals surface area contributed by atoms with Gasteiger partial charge in [0.2, 0.25) is 10.0 Å². The normalized spacial score (nSPS) is 18.4. The van der Waals surface area contributed by atoms with E-state index in [2.05, 4.69) is 9.71 Å². The Morgan fingerprint density at radius 3 is 2.75 bits per heavy atom. The molecule has 2 N–H and O–H groups in total. The lowest BCUT2D eigenvalue weighted by atomic mass is 10.3. The van der Waals surface area contributed by atoms with Gasteiger partial charge < -0.3 is 5.11 Å². The highest BCUT2D eigenvalue weighted by Gasteiger charge is 2.45. The number of nitrogens with one attached hydrogen (secondary N) is 1. The van der Waals surface area contributed by atoms with Crippen LogP contribution in [0.2, 0.25) is 5.02 Å². The van der Waals surface area contributed by atoms with Crippen molar-refractivity contribution in [3.8, 4) is 0 Å². The maximum Gasteiger partial charge on any atom is 0.244 e. The van der Waals surface area contributed by atoms with Crippen molar-refractivity contribution in [2.75, 3.05) is 6.61 Å². The zero-order chi connectivity index (χ0) is 11.8. The van der Waals surface area contributed by atoms with Crippen molar-refractivity contribution < 1.29 is 13.5 Å². The molecule has 88 valence electrons. The monoisotopic (exact) mass is 262 g/mol. The van der Waals surface area contributed by atoms with Gasteiger partial charge in [-0.05, 0) is 18.9 Å². The van der Waals surface area contributed by atoms with Gasteiger partial charge in [-0.15, -0.1) is 0 Å². The van der Waals surface area contributed by atoms with Crippen molar-refractivity contribution in [1.82, 2.24) is 9.71 Å². The van der Waals surface area contributed by atoms with Crippen LogP contribution in [-0.2, 0) is 10.0 Å². The average molecular weight is 263 g/mol. The second kappa shape index (κ2) is 3.96. The van der Waals surface area contributed by atoms with E-state index >= 15 is 0 Å². The summed E-state index contributed by atoms with van der Waals surface area (Å²) in [5.41, 5.74) is -0.696. The van der Waals surface area contributed by atoms with Crippen LogP contribution in [0.4, 0.5) is 0 Å². The molecule has 1 heterocycles. The summed E-state index contributed by atoms with van der Waals surface area (Å²) in [6, 6.07) is 1.41. The molecule has 0 saturated heterocycles. The zero-order valence-electron chi connectivity index (χ0n) is 8.35. The second-order valence-electron chi connectivity index (χ2n) is 3.85. The van der Waals surface area contributed by atoms with Crippen molar-refractivity contribution in [2.45, 2.75) is 23.3 Å². The molecule has 1 aromatic rings. The number of pyridine rings is 1. The van der Waals surface area contributed by atoms with Crippen LogP contribution in [0.15, 0.2) is 23.4 Å². The van der Waals surface area contributed by atoms with Crippen LogP contribution in [0.25, 0.3) is 0 Å². The Kier molecular flexibility index (Phi) is 2.91. The standard InChI is InChI=1S/C9H11ClN2O3S/c10-7-1-4-11-5-8(7)16(14,15)12-9(6-13)2-3-9/h1,4-5,12-13H,2-3,6H2. The Morgan fingerprint density at radius 1 is 1.56 bits per heavy atom. The molecular formula is C9H11ClN2O3S. The fourth-order valence-corrected chi connectivity index (χ4v) is 3.23. The molecule has 0 radical (unpaired) electrons. The summed E-state index contributed by atoms with van der Waals surface area (Å²) < 4.78 is 26.3. The minimum Gasteiger partial charge on any atom is -0.394 e. The maximum atomic E-state index is 11.9. The number of hydrogen-bond acceptors (Lipinski definition) is 4.